The van der Waals surface area contributed by atoms with E-state index < -0.39 is 5.66 Å². The van der Waals surface area contributed by atoms with E-state index in [4.69, 9.17) is 11.6 Å². The third kappa shape index (κ3) is 3.64. The van der Waals surface area contributed by atoms with Crippen LogP contribution in [0.1, 0.15) is 34.3 Å². The Balaban J connectivity index is 1.36. The van der Waals surface area contributed by atoms with Gasteiger partial charge in [0.25, 0.3) is 5.91 Å². The Labute approximate surface area is 169 Å². The molecule has 0 unspecified atom stereocenters. The number of anilines is 1. The minimum atomic E-state index is -0.567. The summed E-state index contributed by atoms with van der Waals surface area (Å²) in [7, 11) is 0. The zero-order valence-corrected chi connectivity index (χ0v) is 16.5. The number of amides is 3. The summed E-state index contributed by atoms with van der Waals surface area (Å²) in [5.41, 5.74) is 2.92. The molecular formula is C21H23ClN4O2. The van der Waals surface area contributed by atoms with E-state index >= 15 is 0 Å². The number of para-hydroxylation sites is 1. The van der Waals surface area contributed by atoms with E-state index in [-0.39, 0.29) is 11.9 Å². The molecule has 6 nitrogen and oxygen atoms in total. The molecule has 2 aliphatic heterocycles. The van der Waals surface area contributed by atoms with Crippen molar-refractivity contribution in [2.75, 3.05) is 18.4 Å². The molecule has 3 N–H and O–H groups in total. The highest BCUT2D eigenvalue weighted by Crippen LogP contribution is 2.35. The average Bonchev–Trinajstić information content (AvgIpc) is 2.69. The van der Waals surface area contributed by atoms with Crippen LogP contribution in [0.4, 0.5) is 10.5 Å². The number of fused-ring (bicyclic) bond motifs is 1. The van der Waals surface area contributed by atoms with Crippen LogP contribution in [-0.4, -0.2) is 35.6 Å². The van der Waals surface area contributed by atoms with Crippen LogP contribution in [0.25, 0.3) is 0 Å². The third-order valence-corrected chi connectivity index (χ3v) is 5.76. The first kappa shape index (κ1) is 18.6. The first-order valence-corrected chi connectivity index (χ1v) is 9.81. The summed E-state index contributed by atoms with van der Waals surface area (Å²) in [5.74, 6) is -0.131. The van der Waals surface area contributed by atoms with Gasteiger partial charge in [-0.1, -0.05) is 47.5 Å². The topological polar surface area (TPSA) is 73.5 Å². The van der Waals surface area contributed by atoms with E-state index in [0.29, 0.717) is 48.7 Å². The molecule has 7 heteroatoms. The SMILES string of the molecule is Cc1ccc(CNC(=O)N2CCC3(CC2)NC(=O)c2cccc(Cl)c2N3)cc1. The largest absolute Gasteiger partial charge is 0.361 e. The molecule has 0 saturated carbocycles. The van der Waals surface area contributed by atoms with Gasteiger partial charge in [0, 0.05) is 32.5 Å². The lowest BCUT2D eigenvalue weighted by Gasteiger charge is -2.46. The van der Waals surface area contributed by atoms with E-state index in [1.54, 1.807) is 23.1 Å². The Morgan fingerprint density at radius 2 is 1.86 bits per heavy atom. The molecule has 2 aromatic carbocycles. The van der Waals surface area contributed by atoms with Crippen molar-refractivity contribution < 1.29 is 9.59 Å². The number of nitrogens with one attached hydrogen (secondary N) is 3. The molecule has 1 saturated heterocycles. The van der Waals surface area contributed by atoms with Gasteiger partial charge in [-0.15, -0.1) is 0 Å². The standard InChI is InChI=1S/C21H23ClN4O2/c1-14-5-7-15(8-6-14)13-23-20(28)26-11-9-21(10-12-26)24-18-16(19(27)25-21)3-2-4-17(18)22/h2-8,24H,9-13H2,1H3,(H,23,28)(H,25,27). The smallest absolute Gasteiger partial charge is 0.317 e. The number of hydrogen-bond acceptors (Lipinski definition) is 3. The molecule has 28 heavy (non-hydrogen) atoms. The van der Waals surface area contributed by atoms with Crippen molar-refractivity contribution in [1.82, 2.24) is 15.5 Å². The molecule has 1 fully saturated rings. The second-order valence-corrected chi connectivity index (χ2v) is 7.86. The van der Waals surface area contributed by atoms with Gasteiger partial charge in [-0.3, -0.25) is 4.79 Å². The van der Waals surface area contributed by atoms with Gasteiger partial charge in [0.05, 0.1) is 16.3 Å². The number of aryl methyl sites for hydroxylation is 1. The fourth-order valence-electron chi connectivity index (χ4n) is 3.73. The van der Waals surface area contributed by atoms with Gasteiger partial charge in [-0.25, -0.2) is 4.79 Å². The molecule has 0 aromatic heterocycles. The van der Waals surface area contributed by atoms with Crippen molar-refractivity contribution in [2.45, 2.75) is 32.0 Å². The number of piperidine rings is 1. The Morgan fingerprint density at radius 1 is 1.14 bits per heavy atom. The zero-order chi connectivity index (χ0) is 19.7. The number of halogens is 1. The highest BCUT2D eigenvalue weighted by atomic mass is 35.5. The number of benzene rings is 2. The number of hydrogen-bond donors (Lipinski definition) is 3. The monoisotopic (exact) mass is 398 g/mol. The summed E-state index contributed by atoms with van der Waals surface area (Å²) < 4.78 is 0. The minimum absolute atomic E-state index is 0.0870. The van der Waals surface area contributed by atoms with Crippen molar-refractivity contribution in [3.8, 4) is 0 Å². The second kappa shape index (κ2) is 7.36. The van der Waals surface area contributed by atoms with Crippen LogP contribution in [-0.2, 0) is 6.54 Å². The van der Waals surface area contributed by atoms with E-state index in [1.807, 2.05) is 31.2 Å². The summed E-state index contributed by atoms with van der Waals surface area (Å²) >= 11 is 6.28. The van der Waals surface area contributed by atoms with Crippen molar-refractivity contribution in [1.29, 1.82) is 0 Å². The summed E-state index contributed by atoms with van der Waals surface area (Å²) in [6, 6.07) is 13.3. The Bertz CT molecular complexity index is 905. The van der Waals surface area contributed by atoms with Gasteiger partial charge in [0.2, 0.25) is 0 Å². The van der Waals surface area contributed by atoms with Crippen LogP contribution in [0.3, 0.4) is 0 Å². The van der Waals surface area contributed by atoms with Gasteiger partial charge in [-0.2, -0.15) is 0 Å². The number of carbonyl (C=O) groups is 2. The molecule has 2 aliphatic rings. The fourth-order valence-corrected chi connectivity index (χ4v) is 3.95. The molecule has 146 valence electrons. The number of urea groups is 1. The lowest BCUT2D eigenvalue weighted by atomic mass is 9.92. The Hall–Kier alpha value is -2.73. The van der Waals surface area contributed by atoms with Crippen molar-refractivity contribution in [3.05, 3.63) is 64.2 Å². The molecule has 2 heterocycles. The molecule has 0 atom stereocenters. The molecule has 0 aliphatic carbocycles. The second-order valence-electron chi connectivity index (χ2n) is 7.45. The summed E-state index contributed by atoms with van der Waals surface area (Å²) in [5, 5.41) is 9.99. The van der Waals surface area contributed by atoms with Crippen LogP contribution >= 0.6 is 11.6 Å². The molecule has 1 spiro atoms. The van der Waals surface area contributed by atoms with E-state index in [1.165, 1.54) is 5.56 Å². The predicted octanol–water partition coefficient (Wildman–Crippen LogP) is 3.51. The fraction of sp³-hybridized carbons (Fsp3) is 0.333. The first-order chi connectivity index (χ1) is 13.5. The number of rotatable bonds is 2. The summed E-state index contributed by atoms with van der Waals surface area (Å²) in [6.45, 7) is 3.63. The van der Waals surface area contributed by atoms with Gasteiger partial charge < -0.3 is 20.9 Å². The van der Waals surface area contributed by atoms with E-state index in [2.05, 4.69) is 16.0 Å². The van der Waals surface area contributed by atoms with Gasteiger partial charge in [0.1, 0.15) is 5.66 Å². The predicted molar refractivity (Wildman–Crippen MR) is 109 cm³/mol. The minimum Gasteiger partial charge on any atom is -0.361 e. The zero-order valence-electron chi connectivity index (χ0n) is 15.7. The van der Waals surface area contributed by atoms with Crippen molar-refractivity contribution in [2.24, 2.45) is 0 Å². The van der Waals surface area contributed by atoms with Crippen molar-refractivity contribution >= 4 is 29.2 Å². The van der Waals surface area contributed by atoms with E-state index in [9.17, 15) is 9.59 Å². The molecular weight excluding hydrogens is 376 g/mol. The normalized spacial score (nSPS) is 17.5. The van der Waals surface area contributed by atoms with Crippen LogP contribution in [0.15, 0.2) is 42.5 Å². The van der Waals surface area contributed by atoms with Crippen LogP contribution in [0, 0.1) is 6.92 Å². The summed E-state index contributed by atoms with van der Waals surface area (Å²) in [6.07, 6.45) is 1.22. The van der Waals surface area contributed by atoms with Gasteiger partial charge >= 0.3 is 6.03 Å². The maximum absolute atomic E-state index is 12.5. The van der Waals surface area contributed by atoms with Crippen LogP contribution in [0.5, 0.6) is 0 Å². The number of nitrogens with zero attached hydrogens (tertiary/aromatic N) is 1. The van der Waals surface area contributed by atoms with Crippen LogP contribution in [0.2, 0.25) is 5.02 Å². The van der Waals surface area contributed by atoms with Crippen LogP contribution < -0.4 is 16.0 Å². The number of likely N-dealkylation sites (tertiary alicyclic amines) is 1. The highest BCUT2D eigenvalue weighted by Gasteiger charge is 2.41. The molecule has 0 radical (unpaired) electrons. The first-order valence-electron chi connectivity index (χ1n) is 9.43. The van der Waals surface area contributed by atoms with Crippen molar-refractivity contribution in [3.63, 3.8) is 0 Å². The third-order valence-electron chi connectivity index (χ3n) is 5.44. The average molecular weight is 399 g/mol. The molecule has 2 aromatic rings. The Morgan fingerprint density at radius 3 is 2.57 bits per heavy atom. The Kier molecular flexibility index (Phi) is 4.89. The highest BCUT2D eigenvalue weighted by molar-refractivity contribution is 6.34. The maximum Gasteiger partial charge on any atom is 0.317 e. The molecule has 4 rings (SSSR count). The number of carbonyl (C=O) groups excluding carboxylic acids is 2. The summed E-state index contributed by atoms with van der Waals surface area (Å²) in [4.78, 5) is 26.8. The lowest BCUT2D eigenvalue weighted by Crippen LogP contribution is -2.63. The maximum atomic E-state index is 12.5. The molecule has 3 amide bonds. The van der Waals surface area contributed by atoms with Gasteiger partial charge in [-0.05, 0) is 24.6 Å². The van der Waals surface area contributed by atoms with E-state index in [0.717, 1.165) is 5.56 Å². The molecule has 0 bridgehead atoms. The quantitative estimate of drug-likeness (QED) is 0.724. The van der Waals surface area contributed by atoms with Gasteiger partial charge in [0.15, 0.2) is 0 Å². The lowest BCUT2D eigenvalue weighted by molar-refractivity contribution is 0.0848.